The van der Waals surface area contributed by atoms with Crippen molar-refractivity contribution in [2.45, 2.75) is 121 Å². The number of carbonyl (C=O) groups is 2. The van der Waals surface area contributed by atoms with Crippen molar-refractivity contribution >= 4 is 11.8 Å². The number of hydrogen-bond donors (Lipinski definition) is 2. The molecule has 3 aliphatic rings. The van der Waals surface area contributed by atoms with Crippen LogP contribution in [0, 0.1) is 0 Å². The molecule has 3 aliphatic heterocycles. The number of Topliss-reactive ketones (excluding diaryl/α,β-unsaturated/α-hetero) is 1. The van der Waals surface area contributed by atoms with Crippen molar-refractivity contribution in [3.05, 3.63) is 25.3 Å². The summed E-state index contributed by atoms with van der Waals surface area (Å²) in [5.41, 5.74) is 1.10. The first-order valence-electron chi connectivity index (χ1n) is 12.4. The molecule has 3 rings (SSSR count). The van der Waals surface area contributed by atoms with Crippen LogP contribution in [-0.4, -0.2) is 77.9 Å². The molecule has 0 aromatic rings. The van der Waals surface area contributed by atoms with Gasteiger partial charge in [0.15, 0.2) is 0 Å². The van der Waals surface area contributed by atoms with Gasteiger partial charge in [-0.05, 0) is 39.0 Å². The van der Waals surface area contributed by atoms with E-state index >= 15 is 0 Å². The van der Waals surface area contributed by atoms with Gasteiger partial charge in [-0.15, -0.1) is 19.7 Å². The minimum atomic E-state index is -1.00. The lowest BCUT2D eigenvalue weighted by molar-refractivity contribution is -0.259. The fourth-order valence-corrected chi connectivity index (χ4v) is 4.59. The molecule has 0 spiro atoms. The Labute approximate surface area is 204 Å². The number of fused-ring (bicyclic) bond motifs is 2. The number of rotatable bonds is 9. The molecule has 3 heterocycles. The average molecular weight is 485 g/mol. The third-order valence-electron chi connectivity index (χ3n) is 6.23. The molecule has 0 aromatic carbocycles. The van der Waals surface area contributed by atoms with Crippen LogP contribution in [0.25, 0.3) is 0 Å². The van der Waals surface area contributed by atoms with E-state index in [4.69, 9.17) is 18.9 Å². The molecule has 0 aliphatic carbocycles. The quantitative estimate of drug-likeness (QED) is 0.291. The van der Waals surface area contributed by atoms with Crippen LogP contribution in [0.5, 0.6) is 0 Å². The van der Waals surface area contributed by atoms with Crippen molar-refractivity contribution in [2.24, 2.45) is 0 Å². The van der Waals surface area contributed by atoms with Crippen LogP contribution >= 0.6 is 0 Å². The lowest BCUT2D eigenvalue weighted by atomic mass is 9.87. The molecule has 8 nitrogen and oxygen atoms in total. The number of methoxy groups -OCH3 is 1. The summed E-state index contributed by atoms with van der Waals surface area (Å²) in [4.78, 5) is 23.8. The molecule has 34 heavy (non-hydrogen) atoms. The number of allylic oxidation sites excluding steroid dienone is 1. The number of ketones is 1. The molecule has 0 amide bonds. The Morgan fingerprint density at radius 1 is 0.912 bits per heavy atom. The van der Waals surface area contributed by atoms with Crippen molar-refractivity contribution < 1.29 is 38.7 Å². The molecule has 0 aromatic heterocycles. The highest BCUT2D eigenvalue weighted by Crippen LogP contribution is 2.40. The van der Waals surface area contributed by atoms with Gasteiger partial charge in [-0.25, -0.2) is 0 Å². The van der Waals surface area contributed by atoms with E-state index in [0.717, 1.165) is 24.8 Å². The van der Waals surface area contributed by atoms with Gasteiger partial charge in [-0.3, -0.25) is 9.59 Å². The molecule has 196 valence electrons. The molecular formula is C26H44O8. The van der Waals surface area contributed by atoms with Gasteiger partial charge in [0, 0.05) is 12.8 Å². The topological polar surface area (TPSA) is 112 Å². The summed E-state index contributed by atoms with van der Waals surface area (Å²) in [6.07, 6.45) is -1.06. The Morgan fingerprint density at radius 3 is 2.15 bits per heavy atom. The predicted octanol–water partition coefficient (Wildman–Crippen LogP) is 3.28. The highest BCUT2D eigenvalue weighted by atomic mass is 16.6. The van der Waals surface area contributed by atoms with Gasteiger partial charge in [0.25, 0.3) is 0 Å². The summed E-state index contributed by atoms with van der Waals surface area (Å²) in [6.45, 7) is 15.8. The predicted molar refractivity (Wildman–Crippen MR) is 129 cm³/mol. The lowest BCUT2D eigenvalue weighted by Crippen LogP contribution is -2.61. The van der Waals surface area contributed by atoms with Gasteiger partial charge in [0.05, 0.1) is 31.8 Å². The average Bonchev–Trinajstić information content (AvgIpc) is 3.15. The zero-order chi connectivity index (χ0) is 25.8. The molecule has 2 N–H and O–H groups in total. The number of hydrogen-bond acceptors (Lipinski definition) is 8. The van der Waals surface area contributed by atoms with E-state index < -0.39 is 36.6 Å². The Morgan fingerprint density at radius 2 is 1.53 bits per heavy atom. The smallest absolute Gasteiger partial charge is 0.308 e. The summed E-state index contributed by atoms with van der Waals surface area (Å²) in [7, 11) is 1.33. The summed E-state index contributed by atoms with van der Waals surface area (Å²) in [5, 5.41) is 21.5. The first kappa shape index (κ1) is 30.5. The second-order valence-electron chi connectivity index (χ2n) is 8.75. The highest BCUT2D eigenvalue weighted by Gasteiger charge is 2.57. The zero-order valence-electron chi connectivity index (χ0n) is 21.2. The van der Waals surface area contributed by atoms with Crippen LogP contribution < -0.4 is 0 Å². The maximum absolute atomic E-state index is 12.3. The van der Waals surface area contributed by atoms with Gasteiger partial charge >= 0.3 is 5.97 Å². The molecule has 8 heteroatoms. The maximum Gasteiger partial charge on any atom is 0.308 e. The Bertz CT molecular complexity index is 651. The maximum atomic E-state index is 12.3. The van der Waals surface area contributed by atoms with Crippen molar-refractivity contribution in [1.29, 1.82) is 0 Å². The standard InChI is InChI=1S/C22H34O8.C2H6.C2H4/c1-12(2)6-4-5-7-13(23)10-16-18(25)21-22(30-16)19(26)20-15(29-21)9-8-14(28-20)11-17(24)27-3;2*1-2/h14-16,18-22,25-26H,1,4-11H2,2-3H3;1-2H3;1-2H2. The third kappa shape index (κ3) is 8.27. The van der Waals surface area contributed by atoms with Crippen LogP contribution in [0.15, 0.2) is 25.3 Å². The van der Waals surface area contributed by atoms with Crippen molar-refractivity contribution in [3.63, 3.8) is 0 Å². The van der Waals surface area contributed by atoms with Gasteiger partial charge in [-0.2, -0.15) is 0 Å². The number of esters is 1. The molecule has 8 unspecified atom stereocenters. The summed E-state index contributed by atoms with van der Waals surface area (Å²) >= 11 is 0. The second-order valence-corrected chi connectivity index (χ2v) is 8.75. The molecule has 0 saturated carbocycles. The van der Waals surface area contributed by atoms with Crippen molar-refractivity contribution in [2.75, 3.05) is 7.11 Å². The molecule has 8 atom stereocenters. The first-order chi connectivity index (χ1) is 16.3. The largest absolute Gasteiger partial charge is 0.469 e. The normalized spacial score (nSPS) is 33.7. The van der Waals surface area contributed by atoms with E-state index in [0.29, 0.717) is 19.3 Å². The second kappa shape index (κ2) is 15.4. The van der Waals surface area contributed by atoms with E-state index in [1.165, 1.54) is 7.11 Å². The van der Waals surface area contributed by atoms with E-state index in [9.17, 15) is 19.8 Å². The fourth-order valence-electron chi connectivity index (χ4n) is 4.59. The van der Waals surface area contributed by atoms with Gasteiger partial charge in [0.1, 0.15) is 36.3 Å². The number of carbonyl (C=O) groups excluding carboxylic acids is 2. The first-order valence-corrected chi connectivity index (χ1v) is 12.4. The number of aliphatic hydroxyl groups excluding tert-OH is 2. The van der Waals surface area contributed by atoms with Crippen LogP contribution in [0.1, 0.15) is 72.1 Å². The summed E-state index contributed by atoms with van der Waals surface area (Å²) < 4.78 is 22.5. The van der Waals surface area contributed by atoms with Crippen LogP contribution in [0.3, 0.4) is 0 Å². The lowest BCUT2D eigenvalue weighted by Gasteiger charge is -2.46. The molecule has 0 radical (unpaired) electrons. The van der Waals surface area contributed by atoms with E-state index in [-0.39, 0.29) is 36.8 Å². The van der Waals surface area contributed by atoms with Gasteiger partial charge in [0.2, 0.25) is 0 Å². The third-order valence-corrected chi connectivity index (χ3v) is 6.23. The number of ether oxygens (including phenoxy) is 4. The van der Waals surface area contributed by atoms with E-state index in [1.807, 2.05) is 20.8 Å². The Hall–Kier alpha value is -1.58. The fraction of sp³-hybridized carbons (Fsp3) is 0.769. The highest BCUT2D eigenvalue weighted by molar-refractivity contribution is 5.79. The SMILES string of the molecule is C=C.C=C(C)CCCCC(=O)CC1OC2C(O)C3OC(CC(=O)OC)CCC3OC2C1O.CC. The van der Waals surface area contributed by atoms with Crippen molar-refractivity contribution in [3.8, 4) is 0 Å². The monoisotopic (exact) mass is 484 g/mol. The van der Waals surface area contributed by atoms with Crippen LogP contribution in [0.2, 0.25) is 0 Å². The number of aliphatic hydroxyl groups is 2. The summed E-state index contributed by atoms with van der Waals surface area (Å²) in [6, 6.07) is 0. The molecule has 3 saturated heterocycles. The Kier molecular flexibility index (Phi) is 13.8. The van der Waals surface area contributed by atoms with E-state index in [2.05, 4.69) is 19.7 Å². The van der Waals surface area contributed by atoms with Crippen LogP contribution in [0.4, 0.5) is 0 Å². The molecular weight excluding hydrogens is 440 g/mol. The van der Waals surface area contributed by atoms with Crippen molar-refractivity contribution in [1.82, 2.24) is 0 Å². The van der Waals surface area contributed by atoms with E-state index in [1.54, 1.807) is 0 Å². The zero-order valence-corrected chi connectivity index (χ0v) is 21.2. The minimum absolute atomic E-state index is 0.0284. The van der Waals surface area contributed by atoms with Crippen LogP contribution in [-0.2, 0) is 28.5 Å². The Balaban J connectivity index is 0.00000137. The molecule has 0 bridgehead atoms. The van der Waals surface area contributed by atoms with Gasteiger partial charge in [-0.1, -0.05) is 19.4 Å². The summed E-state index contributed by atoms with van der Waals surface area (Å²) in [5.74, 6) is -0.336. The van der Waals surface area contributed by atoms with Gasteiger partial charge < -0.3 is 29.2 Å². The minimum Gasteiger partial charge on any atom is -0.469 e. The number of unbranched alkanes of at least 4 members (excludes halogenated alkanes) is 1. The molecule has 3 fully saturated rings.